The number of pyridine rings is 1. The van der Waals surface area contributed by atoms with Crippen LogP contribution in [0.2, 0.25) is 0 Å². The lowest BCUT2D eigenvalue weighted by Gasteiger charge is -2.23. The first kappa shape index (κ1) is 18.4. The summed E-state index contributed by atoms with van der Waals surface area (Å²) < 4.78 is 43.6. The van der Waals surface area contributed by atoms with E-state index in [-0.39, 0.29) is 17.8 Å². The van der Waals surface area contributed by atoms with Crippen molar-refractivity contribution < 1.29 is 22.7 Å². The standard InChI is InChI=1S/C16H22F3N3O2/c1-12(2)11-24-15(23)22-8-4-7-21(9-10-22)14-6-3-5-13(20-14)16(17,18)19/h3,5-6,12H,4,7-11H2,1-2H3. The summed E-state index contributed by atoms with van der Waals surface area (Å²) in [6.07, 6.45) is -4.19. The molecule has 24 heavy (non-hydrogen) atoms. The molecule has 1 aliphatic heterocycles. The molecule has 0 atom stereocenters. The van der Waals surface area contributed by atoms with Gasteiger partial charge in [-0.3, -0.25) is 0 Å². The molecule has 0 bridgehead atoms. The van der Waals surface area contributed by atoms with Gasteiger partial charge in [-0.05, 0) is 24.5 Å². The van der Waals surface area contributed by atoms with E-state index < -0.39 is 11.9 Å². The van der Waals surface area contributed by atoms with Crippen LogP contribution in [0, 0.1) is 5.92 Å². The van der Waals surface area contributed by atoms with Crippen LogP contribution in [0.3, 0.4) is 0 Å². The molecule has 1 amide bonds. The van der Waals surface area contributed by atoms with Crippen molar-refractivity contribution >= 4 is 11.9 Å². The molecule has 0 aliphatic carbocycles. The van der Waals surface area contributed by atoms with Crippen molar-refractivity contribution in [3.05, 3.63) is 23.9 Å². The number of alkyl halides is 3. The normalized spacial score (nSPS) is 16.2. The largest absolute Gasteiger partial charge is 0.449 e. The summed E-state index contributed by atoms with van der Waals surface area (Å²) in [5.41, 5.74) is -0.905. The van der Waals surface area contributed by atoms with Crippen LogP contribution in [0.1, 0.15) is 26.0 Å². The number of amides is 1. The van der Waals surface area contributed by atoms with E-state index in [2.05, 4.69) is 4.98 Å². The average molecular weight is 345 g/mol. The molecule has 0 radical (unpaired) electrons. The second-order valence-corrected chi connectivity index (χ2v) is 6.18. The molecule has 0 saturated carbocycles. The van der Waals surface area contributed by atoms with Crippen LogP contribution in [0.25, 0.3) is 0 Å². The van der Waals surface area contributed by atoms with Crippen molar-refractivity contribution in [2.45, 2.75) is 26.4 Å². The van der Waals surface area contributed by atoms with Crippen molar-refractivity contribution in [1.29, 1.82) is 0 Å². The third-order valence-corrected chi connectivity index (χ3v) is 3.64. The van der Waals surface area contributed by atoms with Crippen molar-refractivity contribution in [3.63, 3.8) is 0 Å². The SMILES string of the molecule is CC(C)COC(=O)N1CCCN(c2cccc(C(F)(F)F)n2)CC1. The molecule has 134 valence electrons. The maximum atomic E-state index is 12.8. The highest BCUT2D eigenvalue weighted by molar-refractivity contribution is 5.67. The van der Waals surface area contributed by atoms with Crippen LogP contribution in [0.15, 0.2) is 18.2 Å². The first-order valence-electron chi connectivity index (χ1n) is 7.98. The monoisotopic (exact) mass is 345 g/mol. The number of hydrogen-bond acceptors (Lipinski definition) is 4. The van der Waals surface area contributed by atoms with Crippen LogP contribution in [-0.2, 0) is 10.9 Å². The number of carbonyl (C=O) groups excluding carboxylic acids is 1. The molecule has 2 heterocycles. The predicted octanol–water partition coefficient (Wildman–Crippen LogP) is 3.41. The molecule has 5 nitrogen and oxygen atoms in total. The summed E-state index contributed by atoms with van der Waals surface area (Å²) in [4.78, 5) is 19.1. The van der Waals surface area contributed by atoms with E-state index in [0.29, 0.717) is 39.2 Å². The Morgan fingerprint density at radius 1 is 1.25 bits per heavy atom. The highest BCUT2D eigenvalue weighted by Gasteiger charge is 2.33. The zero-order valence-electron chi connectivity index (χ0n) is 13.8. The minimum absolute atomic E-state index is 0.256. The number of ether oxygens (including phenoxy) is 1. The molecule has 1 saturated heterocycles. The molecular formula is C16H22F3N3O2. The van der Waals surface area contributed by atoms with E-state index in [1.165, 1.54) is 6.07 Å². The molecular weight excluding hydrogens is 323 g/mol. The van der Waals surface area contributed by atoms with Crippen LogP contribution < -0.4 is 4.90 Å². The maximum Gasteiger partial charge on any atom is 0.433 e. The van der Waals surface area contributed by atoms with Crippen LogP contribution in [-0.4, -0.2) is 48.8 Å². The van der Waals surface area contributed by atoms with E-state index in [4.69, 9.17) is 4.74 Å². The number of carbonyl (C=O) groups is 1. The number of nitrogens with zero attached hydrogens (tertiary/aromatic N) is 3. The van der Waals surface area contributed by atoms with Gasteiger partial charge in [0, 0.05) is 26.2 Å². The van der Waals surface area contributed by atoms with Gasteiger partial charge in [-0.15, -0.1) is 0 Å². The Balaban J connectivity index is 1.99. The number of rotatable bonds is 3. The average Bonchev–Trinajstić information content (AvgIpc) is 2.78. The molecule has 8 heteroatoms. The lowest BCUT2D eigenvalue weighted by Crippen LogP contribution is -2.36. The summed E-state index contributed by atoms with van der Waals surface area (Å²) in [6.45, 7) is 6.15. The summed E-state index contributed by atoms with van der Waals surface area (Å²) in [6, 6.07) is 3.86. The first-order chi connectivity index (χ1) is 11.3. The van der Waals surface area contributed by atoms with Gasteiger partial charge in [-0.2, -0.15) is 13.2 Å². The van der Waals surface area contributed by atoms with E-state index >= 15 is 0 Å². The fraction of sp³-hybridized carbons (Fsp3) is 0.625. The van der Waals surface area contributed by atoms with Crippen LogP contribution in [0.5, 0.6) is 0 Å². The third kappa shape index (κ3) is 5.01. The van der Waals surface area contributed by atoms with Gasteiger partial charge in [-0.25, -0.2) is 9.78 Å². The van der Waals surface area contributed by atoms with Gasteiger partial charge in [0.15, 0.2) is 0 Å². The number of aromatic nitrogens is 1. The van der Waals surface area contributed by atoms with Crippen molar-refractivity contribution in [2.24, 2.45) is 5.92 Å². The molecule has 0 aromatic carbocycles. The molecule has 0 N–H and O–H groups in total. The predicted molar refractivity (Wildman–Crippen MR) is 83.8 cm³/mol. The number of hydrogen-bond donors (Lipinski definition) is 0. The number of anilines is 1. The molecule has 1 aromatic rings. The Hall–Kier alpha value is -1.99. The van der Waals surface area contributed by atoms with Gasteiger partial charge in [0.2, 0.25) is 0 Å². The fourth-order valence-corrected chi connectivity index (χ4v) is 2.42. The minimum Gasteiger partial charge on any atom is -0.449 e. The lowest BCUT2D eigenvalue weighted by atomic mass is 10.2. The molecule has 1 fully saturated rings. The Kier molecular flexibility index (Phi) is 5.90. The highest BCUT2D eigenvalue weighted by Crippen LogP contribution is 2.29. The molecule has 0 spiro atoms. The molecule has 1 aromatic heterocycles. The minimum atomic E-state index is -4.46. The lowest BCUT2D eigenvalue weighted by molar-refractivity contribution is -0.141. The van der Waals surface area contributed by atoms with Gasteiger partial charge in [0.05, 0.1) is 6.61 Å². The second kappa shape index (κ2) is 7.72. The Morgan fingerprint density at radius 2 is 2.00 bits per heavy atom. The Morgan fingerprint density at radius 3 is 2.67 bits per heavy atom. The van der Waals surface area contributed by atoms with Crippen molar-refractivity contribution in [3.8, 4) is 0 Å². The van der Waals surface area contributed by atoms with Gasteiger partial charge >= 0.3 is 12.3 Å². The summed E-state index contributed by atoms with van der Waals surface area (Å²) in [5, 5.41) is 0. The first-order valence-corrected chi connectivity index (χ1v) is 7.98. The smallest absolute Gasteiger partial charge is 0.433 e. The fourth-order valence-electron chi connectivity index (χ4n) is 2.42. The summed E-state index contributed by atoms with van der Waals surface area (Å²) >= 11 is 0. The van der Waals surface area contributed by atoms with Gasteiger partial charge in [-0.1, -0.05) is 19.9 Å². The van der Waals surface area contributed by atoms with Gasteiger partial charge in [0.1, 0.15) is 11.5 Å². The maximum absolute atomic E-state index is 12.8. The quantitative estimate of drug-likeness (QED) is 0.842. The summed E-state index contributed by atoms with van der Waals surface area (Å²) in [5.74, 6) is 0.536. The van der Waals surface area contributed by atoms with Crippen LogP contribution in [0.4, 0.5) is 23.8 Å². The van der Waals surface area contributed by atoms with Crippen LogP contribution >= 0.6 is 0 Å². The second-order valence-electron chi connectivity index (χ2n) is 6.18. The van der Waals surface area contributed by atoms with E-state index in [9.17, 15) is 18.0 Å². The third-order valence-electron chi connectivity index (χ3n) is 3.64. The summed E-state index contributed by atoms with van der Waals surface area (Å²) in [7, 11) is 0. The molecule has 2 rings (SSSR count). The van der Waals surface area contributed by atoms with Crippen molar-refractivity contribution in [2.75, 3.05) is 37.7 Å². The van der Waals surface area contributed by atoms with Crippen molar-refractivity contribution in [1.82, 2.24) is 9.88 Å². The zero-order chi connectivity index (χ0) is 17.7. The topological polar surface area (TPSA) is 45.7 Å². The Bertz CT molecular complexity index is 564. The molecule has 0 unspecified atom stereocenters. The van der Waals surface area contributed by atoms with Gasteiger partial charge in [0.25, 0.3) is 0 Å². The van der Waals surface area contributed by atoms with E-state index in [0.717, 1.165) is 6.07 Å². The van der Waals surface area contributed by atoms with E-state index in [1.807, 2.05) is 13.8 Å². The van der Waals surface area contributed by atoms with E-state index in [1.54, 1.807) is 15.9 Å². The highest BCUT2D eigenvalue weighted by atomic mass is 19.4. The number of halogens is 3. The van der Waals surface area contributed by atoms with Gasteiger partial charge < -0.3 is 14.5 Å². The zero-order valence-corrected chi connectivity index (χ0v) is 13.8. The molecule has 1 aliphatic rings. The Labute approximate surface area is 139 Å².